The number of likely N-dealkylation sites (N-methyl/N-ethyl adjacent to an activating group) is 1. The fourth-order valence-corrected chi connectivity index (χ4v) is 9.67. The van der Waals surface area contributed by atoms with E-state index in [1.54, 1.807) is 43.5 Å². The fourth-order valence-electron chi connectivity index (χ4n) is 9.67. The minimum Gasteiger partial charge on any atom is -0.380 e. The van der Waals surface area contributed by atoms with Gasteiger partial charge in [0, 0.05) is 101 Å². The van der Waals surface area contributed by atoms with Crippen molar-refractivity contribution in [3.05, 3.63) is 117 Å². The molecule has 0 aromatic carbocycles. The second-order valence-corrected chi connectivity index (χ2v) is 17.0. The van der Waals surface area contributed by atoms with E-state index in [2.05, 4.69) is 57.3 Å². The van der Waals surface area contributed by atoms with Crippen molar-refractivity contribution in [1.82, 2.24) is 40.1 Å². The summed E-state index contributed by atoms with van der Waals surface area (Å²) in [5.41, 5.74) is 8.55. The van der Waals surface area contributed by atoms with Gasteiger partial charge in [-0.2, -0.15) is 0 Å². The number of nitrogens with zero attached hydrogens (tertiary/aromatic N) is 8. The van der Waals surface area contributed by atoms with Crippen molar-refractivity contribution in [2.24, 2.45) is 23.7 Å². The zero-order chi connectivity index (χ0) is 42.1. The Bertz CT molecular complexity index is 2780. The third-order valence-electron chi connectivity index (χ3n) is 13.4. The lowest BCUT2D eigenvalue weighted by molar-refractivity contribution is 0.0790. The van der Waals surface area contributed by atoms with Crippen LogP contribution < -0.4 is 36.5 Å². The molecule has 4 atom stereocenters. The number of pyridine rings is 6. The molecule has 4 aliphatic rings. The lowest BCUT2D eigenvalue weighted by Gasteiger charge is -2.27. The number of aromatic amines is 2. The van der Waals surface area contributed by atoms with Crippen molar-refractivity contribution in [2.75, 3.05) is 73.9 Å². The highest BCUT2D eigenvalue weighted by molar-refractivity contribution is 5.93. The summed E-state index contributed by atoms with van der Waals surface area (Å²) in [7, 11) is 5.41. The van der Waals surface area contributed by atoms with Crippen LogP contribution in [-0.4, -0.2) is 113 Å². The summed E-state index contributed by atoms with van der Waals surface area (Å²) in [6.07, 6.45) is 8.27. The van der Waals surface area contributed by atoms with Crippen molar-refractivity contribution in [3.63, 3.8) is 0 Å². The normalized spacial score (nSPS) is 22.2. The summed E-state index contributed by atoms with van der Waals surface area (Å²) in [6, 6.07) is 15.8. The van der Waals surface area contributed by atoms with E-state index in [1.165, 1.54) is 0 Å². The van der Waals surface area contributed by atoms with Crippen LogP contribution in [0.3, 0.4) is 0 Å². The van der Waals surface area contributed by atoms with Crippen LogP contribution >= 0.6 is 0 Å². The molecule has 2 saturated carbocycles. The number of nitrogens with one attached hydrogen (secondary N) is 4. The van der Waals surface area contributed by atoms with Crippen LogP contribution in [0.4, 0.5) is 22.7 Å². The zero-order valence-electron chi connectivity index (χ0n) is 34.6. The molecule has 16 nitrogen and oxygen atoms in total. The first kappa shape index (κ1) is 38.4. The van der Waals surface area contributed by atoms with Gasteiger partial charge in [-0.15, -0.1) is 0 Å². The molecule has 2 aliphatic heterocycles. The Morgan fingerprint density at radius 2 is 1.33 bits per heavy atom. The number of aryl methyl sites for hydroxylation is 1. The molecule has 2 aliphatic carbocycles. The third kappa shape index (κ3) is 7.08. The van der Waals surface area contributed by atoms with E-state index in [1.807, 2.05) is 55.7 Å². The van der Waals surface area contributed by atoms with E-state index >= 15 is 0 Å². The number of hydrogen-bond acceptors (Lipinski definition) is 12. The van der Waals surface area contributed by atoms with Crippen LogP contribution in [0.1, 0.15) is 39.0 Å². The largest absolute Gasteiger partial charge is 0.380 e. The molecular formula is C45H48N12O4. The van der Waals surface area contributed by atoms with E-state index in [4.69, 9.17) is 4.98 Å². The number of aromatic nitrogens is 6. The monoisotopic (exact) mass is 820 g/mol. The van der Waals surface area contributed by atoms with Gasteiger partial charge in [0.05, 0.1) is 69.6 Å². The van der Waals surface area contributed by atoms with Gasteiger partial charge in [0.2, 0.25) is 0 Å². The molecule has 2 amide bonds. The summed E-state index contributed by atoms with van der Waals surface area (Å²) in [5.74, 6) is 1.59. The van der Waals surface area contributed by atoms with Crippen molar-refractivity contribution < 1.29 is 9.59 Å². The standard InChI is InChI=1S/C45H48N12O4/c1-5-24-12-36-38(52-42(24)58)14-26(16-47-36)51-40-30-20-56(21-31(30)40)28-7-9-35(49-18-28)45(61)54(3)11-10-25-13-37-39(53-43(25)59)15-29(19-50-37)55(4)41-32-22-57(23-33(32)41)27-6-8-34(48-17-27)44(60)46-2/h6-9,12-19,30-33,40-41,51H,5,10-11,20-23H2,1-4H3,(H,46,60)(H,52,58)(H,53,59). The maximum atomic E-state index is 13.4. The second kappa shape index (κ2) is 15.0. The average Bonchev–Trinajstić information content (AvgIpc) is 3.95. The molecule has 61 heavy (non-hydrogen) atoms. The number of piperidine rings is 2. The van der Waals surface area contributed by atoms with Crippen molar-refractivity contribution >= 4 is 56.6 Å². The summed E-state index contributed by atoms with van der Waals surface area (Å²) < 4.78 is 0. The first-order valence-electron chi connectivity index (χ1n) is 21.0. The average molecular weight is 821 g/mol. The third-order valence-corrected chi connectivity index (χ3v) is 13.4. The molecule has 8 heterocycles. The van der Waals surface area contributed by atoms with Crippen LogP contribution in [0.5, 0.6) is 0 Å². The van der Waals surface area contributed by atoms with E-state index in [0.29, 0.717) is 83.1 Å². The molecule has 6 aromatic rings. The highest BCUT2D eigenvalue weighted by atomic mass is 16.2. The van der Waals surface area contributed by atoms with E-state index in [-0.39, 0.29) is 22.9 Å². The number of rotatable bonds is 12. The SMILES string of the molecule is CCc1cc2ncc(NC3C4CN(c5ccc(C(=O)N(C)CCc6cc7ncc(N(C)C8C9CN(c%10ccc(C(=O)NC)nc%10)CC98)cc7[nH]c6=O)nc5)CC43)cc2[nH]c1=O. The van der Waals surface area contributed by atoms with Crippen LogP contribution in [0.25, 0.3) is 22.1 Å². The molecule has 4 N–H and O–H groups in total. The number of H-pyrrole nitrogens is 2. The number of amides is 2. The number of anilines is 4. The van der Waals surface area contributed by atoms with Gasteiger partial charge in [-0.25, -0.2) is 9.97 Å². The molecule has 4 unspecified atom stereocenters. The van der Waals surface area contributed by atoms with Gasteiger partial charge in [0.15, 0.2) is 0 Å². The predicted molar refractivity (Wildman–Crippen MR) is 235 cm³/mol. The quantitative estimate of drug-likeness (QED) is 0.141. The molecule has 16 heteroatoms. The summed E-state index contributed by atoms with van der Waals surface area (Å²) in [5, 5.41) is 6.22. The maximum Gasteiger partial charge on any atom is 0.272 e. The van der Waals surface area contributed by atoms with Gasteiger partial charge in [-0.1, -0.05) is 6.92 Å². The summed E-state index contributed by atoms with van der Waals surface area (Å²) in [6.45, 7) is 5.92. The molecular weight excluding hydrogens is 773 g/mol. The van der Waals surface area contributed by atoms with Gasteiger partial charge in [-0.3, -0.25) is 29.1 Å². The Balaban J connectivity index is 0.702. The summed E-state index contributed by atoms with van der Waals surface area (Å²) >= 11 is 0. The topological polar surface area (TPSA) is 188 Å². The van der Waals surface area contributed by atoms with Crippen LogP contribution in [0.2, 0.25) is 0 Å². The van der Waals surface area contributed by atoms with Crippen molar-refractivity contribution in [3.8, 4) is 0 Å². The van der Waals surface area contributed by atoms with E-state index < -0.39 is 0 Å². The van der Waals surface area contributed by atoms with Gasteiger partial charge in [-0.05, 0) is 61.4 Å². The van der Waals surface area contributed by atoms with Gasteiger partial charge < -0.3 is 40.2 Å². The van der Waals surface area contributed by atoms with E-state index in [9.17, 15) is 19.2 Å². The molecule has 4 fully saturated rings. The number of hydrogen-bond donors (Lipinski definition) is 4. The zero-order valence-corrected chi connectivity index (χ0v) is 34.6. The Morgan fingerprint density at radius 3 is 1.95 bits per heavy atom. The minimum atomic E-state index is -0.206. The highest BCUT2D eigenvalue weighted by Gasteiger charge is 2.58. The highest BCUT2D eigenvalue weighted by Crippen LogP contribution is 2.51. The second-order valence-electron chi connectivity index (χ2n) is 17.0. The van der Waals surface area contributed by atoms with Crippen LogP contribution in [0.15, 0.2) is 82.9 Å². The molecule has 0 bridgehead atoms. The molecule has 2 saturated heterocycles. The molecule has 0 spiro atoms. The Kier molecular flexibility index (Phi) is 9.44. The van der Waals surface area contributed by atoms with Gasteiger partial charge >= 0.3 is 0 Å². The molecule has 312 valence electrons. The van der Waals surface area contributed by atoms with Crippen LogP contribution in [0, 0.1) is 23.7 Å². The number of fused-ring (bicyclic) bond motifs is 4. The van der Waals surface area contributed by atoms with Gasteiger partial charge in [0.1, 0.15) is 11.4 Å². The first-order valence-corrected chi connectivity index (χ1v) is 21.0. The minimum absolute atomic E-state index is 0.0656. The number of carbonyl (C=O) groups is 2. The lowest BCUT2D eigenvalue weighted by atomic mass is 10.1. The number of carbonyl (C=O) groups excluding carboxylic acids is 2. The molecule has 0 radical (unpaired) electrons. The fraction of sp³-hybridized carbons (Fsp3) is 0.378. The van der Waals surface area contributed by atoms with Crippen molar-refractivity contribution in [1.29, 1.82) is 0 Å². The van der Waals surface area contributed by atoms with Crippen LogP contribution in [-0.2, 0) is 12.8 Å². The Morgan fingerprint density at radius 1 is 0.738 bits per heavy atom. The predicted octanol–water partition coefficient (Wildman–Crippen LogP) is 3.30. The lowest BCUT2D eigenvalue weighted by Crippen LogP contribution is -2.33. The Hall–Kier alpha value is -6.84. The Labute approximate surface area is 351 Å². The van der Waals surface area contributed by atoms with E-state index in [0.717, 1.165) is 65.5 Å². The smallest absolute Gasteiger partial charge is 0.272 e. The van der Waals surface area contributed by atoms with Crippen molar-refractivity contribution in [2.45, 2.75) is 31.8 Å². The maximum absolute atomic E-state index is 13.4. The molecule has 6 aromatic heterocycles. The summed E-state index contributed by atoms with van der Waals surface area (Å²) in [4.78, 5) is 83.4. The molecule has 10 rings (SSSR count). The van der Waals surface area contributed by atoms with Gasteiger partial charge in [0.25, 0.3) is 22.9 Å². The first-order chi connectivity index (χ1) is 29.6.